The molecule has 0 aliphatic heterocycles. The van der Waals surface area contributed by atoms with E-state index in [0.717, 1.165) is 37.3 Å². The first-order chi connectivity index (χ1) is 18.3. The average molecular weight is 544 g/mol. The van der Waals surface area contributed by atoms with Gasteiger partial charge in [-0.15, -0.1) is 0 Å². The Bertz CT molecular complexity index is 1690. The molecular weight excluding hydrogens is 529 g/mol. The monoisotopic (exact) mass is 544 g/mol. The van der Waals surface area contributed by atoms with Gasteiger partial charge in [0.05, 0.1) is 20.8 Å². The first kappa shape index (κ1) is 26.8. The Hall–Kier alpha value is -5.27. The van der Waals surface area contributed by atoms with Crippen molar-refractivity contribution in [2.24, 2.45) is 0 Å². The van der Waals surface area contributed by atoms with Crippen LogP contribution in [-0.4, -0.2) is 15.8 Å². The number of carbonyl (C=O) groups excluding carboxylic acids is 1. The van der Waals surface area contributed by atoms with Crippen molar-refractivity contribution in [3.05, 3.63) is 107 Å². The van der Waals surface area contributed by atoms with Gasteiger partial charge >= 0.3 is 12.1 Å². The van der Waals surface area contributed by atoms with Crippen molar-refractivity contribution in [2.75, 3.05) is 0 Å². The summed E-state index contributed by atoms with van der Waals surface area (Å²) in [4.78, 5) is 46.3. The molecule has 4 rings (SSSR count). The summed E-state index contributed by atoms with van der Waals surface area (Å²) in [6, 6.07) is 10.5. The maximum Gasteiger partial charge on any atom is 0.453 e. The smallest absolute Gasteiger partial charge is 0.449 e. The fraction of sp³-hybridized carbons (Fsp3) is 0.120. The number of hydrogen-bond donors (Lipinski definition) is 0. The lowest BCUT2D eigenvalue weighted by Crippen LogP contribution is -2.16. The minimum atomic E-state index is -5.14. The number of carbonyl (C=O) groups is 1. The topological polar surface area (TPSA) is 152 Å². The Labute approximate surface area is 215 Å². The number of halogens is 3. The van der Waals surface area contributed by atoms with Gasteiger partial charge in [0.1, 0.15) is 22.6 Å². The summed E-state index contributed by atoms with van der Waals surface area (Å²) in [5, 5.41) is 22.2. The molecule has 0 fully saturated rings. The van der Waals surface area contributed by atoms with Gasteiger partial charge in [0.15, 0.2) is 0 Å². The van der Waals surface area contributed by atoms with Gasteiger partial charge in [0, 0.05) is 18.2 Å². The summed E-state index contributed by atoms with van der Waals surface area (Å²) in [6.07, 6.45) is -5.14. The fourth-order valence-electron chi connectivity index (χ4n) is 3.64. The lowest BCUT2D eigenvalue weighted by atomic mass is 10.1. The van der Waals surface area contributed by atoms with Crippen LogP contribution in [0.25, 0.3) is 11.0 Å². The van der Waals surface area contributed by atoms with Crippen molar-refractivity contribution >= 4 is 28.3 Å². The van der Waals surface area contributed by atoms with E-state index >= 15 is 0 Å². The maximum absolute atomic E-state index is 13.8. The standard InChI is InChI=1S/C25H15F3N2O9/c1-12-4-3-5-15(8-12)37-22-21(31)17-7-6-16(11-20(17)39-23(22)25(26,27)28)38-24(32)14-9-18(29(33)34)13(2)19(10-14)30(35)36/h3-11H,1-2H3. The van der Waals surface area contributed by atoms with Crippen LogP contribution in [-0.2, 0) is 6.18 Å². The molecule has 0 saturated carbocycles. The van der Waals surface area contributed by atoms with Crippen molar-refractivity contribution in [3.63, 3.8) is 0 Å². The lowest BCUT2D eigenvalue weighted by Gasteiger charge is -2.14. The van der Waals surface area contributed by atoms with Gasteiger partial charge in [-0.1, -0.05) is 12.1 Å². The van der Waals surface area contributed by atoms with E-state index in [-0.39, 0.29) is 16.7 Å². The SMILES string of the molecule is Cc1cccc(Oc2c(C(F)(F)F)oc3cc(OC(=O)c4cc([N+](=O)[O-])c(C)c([N+](=O)[O-])c4)ccc3c2=O)c1. The molecule has 0 radical (unpaired) electrons. The Morgan fingerprint density at radius 2 is 1.56 bits per heavy atom. The van der Waals surface area contributed by atoms with Gasteiger partial charge in [-0.2, -0.15) is 13.2 Å². The zero-order valence-corrected chi connectivity index (χ0v) is 19.9. The first-order valence-corrected chi connectivity index (χ1v) is 10.8. The average Bonchev–Trinajstić information content (AvgIpc) is 2.84. The molecule has 0 atom stereocenters. The van der Waals surface area contributed by atoms with Crippen molar-refractivity contribution in [1.82, 2.24) is 0 Å². The highest BCUT2D eigenvalue weighted by Crippen LogP contribution is 2.39. The number of benzene rings is 3. The summed E-state index contributed by atoms with van der Waals surface area (Å²) < 4.78 is 56.7. The minimum Gasteiger partial charge on any atom is -0.449 e. The number of ether oxygens (including phenoxy) is 2. The van der Waals surface area contributed by atoms with Crippen molar-refractivity contribution in [3.8, 4) is 17.2 Å². The van der Waals surface area contributed by atoms with Crippen LogP contribution in [0.5, 0.6) is 17.2 Å². The number of hydrogen-bond acceptors (Lipinski definition) is 9. The Morgan fingerprint density at radius 1 is 0.923 bits per heavy atom. The number of rotatable bonds is 6. The number of nitrogens with zero attached hydrogens (tertiary/aromatic N) is 2. The highest BCUT2D eigenvalue weighted by molar-refractivity contribution is 5.93. The van der Waals surface area contributed by atoms with E-state index < -0.39 is 67.2 Å². The van der Waals surface area contributed by atoms with Gasteiger partial charge in [0.25, 0.3) is 17.1 Å². The van der Waals surface area contributed by atoms with E-state index in [0.29, 0.717) is 5.56 Å². The number of fused-ring (bicyclic) bond motifs is 1. The molecule has 0 saturated heterocycles. The molecule has 11 nitrogen and oxygen atoms in total. The van der Waals surface area contributed by atoms with Gasteiger partial charge in [0.2, 0.25) is 11.2 Å². The molecule has 0 bridgehead atoms. The van der Waals surface area contributed by atoms with Crippen molar-refractivity contribution in [1.29, 1.82) is 0 Å². The second-order valence-electron chi connectivity index (χ2n) is 8.21. The van der Waals surface area contributed by atoms with Crippen LogP contribution in [0, 0.1) is 34.1 Å². The van der Waals surface area contributed by atoms with E-state index in [2.05, 4.69) is 0 Å². The quantitative estimate of drug-likeness (QED) is 0.119. The molecule has 0 aliphatic carbocycles. The largest absolute Gasteiger partial charge is 0.453 e. The van der Waals surface area contributed by atoms with Gasteiger partial charge < -0.3 is 13.9 Å². The summed E-state index contributed by atoms with van der Waals surface area (Å²) in [6.45, 7) is 2.81. The molecule has 1 heterocycles. The normalized spacial score (nSPS) is 11.3. The number of nitro groups is 2. The number of aryl methyl sites for hydroxylation is 1. The number of alkyl halides is 3. The highest BCUT2D eigenvalue weighted by Gasteiger charge is 2.40. The van der Waals surface area contributed by atoms with Crippen LogP contribution in [0.2, 0.25) is 0 Å². The molecule has 200 valence electrons. The summed E-state index contributed by atoms with van der Waals surface area (Å²) >= 11 is 0. The van der Waals surface area contributed by atoms with Gasteiger partial charge in [-0.05, 0) is 43.7 Å². The Balaban J connectivity index is 1.76. The molecule has 1 aromatic heterocycles. The van der Waals surface area contributed by atoms with Crippen LogP contribution in [0.3, 0.4) is 0 Å². The second kappa shape index (κ2) is 9.89. The lowest BCUT2D eigenvalue weighted by molar-refractivity contribution is -0.395. The molecule has 0 unspecified atom stereocenters. The molecule has 14 heteroatoms. The van der Waals surface area contributed by atoms with E-state index in [1.54, 1.807) is 13.0 Å². The molecular formula is C25H15F3N2O9. The zero-order chi connectivity index (χ0) is 28.6. The van der Waals surface area contributed by atoms with Crippen LogP contribution in [0.4, 0.5) is 24.5 Å². The summed E-state index contributed by atoms with van der Waals surface area (Å²) in [7, 11) is 0. The third kappa shape index (κ3) is 5.39. The highest BCUT2D eigenvalue weighted by atomic mass is 19.4. The minimum absolute atomic E-state index is 0.0287. The number of esters is 1. The van der Waals surface area contributed by atoms with E-state index in [9.17, 15) is 43.0 Å². The zero-order valence-electron chi connectivity index (χ0n) is 19.9. The van der Waals surface area contributed by atoms with Crippen molar-refractivity contribution in [2.45, 2.75) is 20.0 Å². The number of nitro benzene ring substituents is 2. The van der Waals surface area contributed by atoms with E-state index in [1.165, 1.54) is 18.2 Å². The van der Waals surface area contributed by atoms with Crippen LogP contribution >= 0.6 is 0 Å². The van der Waals surface area contributed by atoms with E-state index in [1.807, 2.05) is 0 Å². The first-order valence-electron chi connectivity index (χ1n) is 10.8. The second-order valence-corrected chi connectivity index (χ2v) is 8.21. The maximum atomic E-state index is 13.8. The molecule has 0 N–H and O–H groups in total. The van der Waals surface area contributed by atoms with Crippen molar-refractivity contribution < 1.29 is 41.7 Å². The molecule has 0 aliphatic rings. The fourth-order valence-corrected chi connectivity index (χ4v) is 3.64. The summed E-state index contributed by atoms with van der Waals surface area (Å²) in [5.74, 6) is -4.53. The molecule has 0 amide bonds. The van der Waals surface area contributed by atoms with Gasteiger partial charge in [-0.3, -0.25) is 25.0 Å². The molecule has 39 heavy (non-hydrogen) atoms. The van der Waals surface area contributed by atoms with Gasteiger partial charge in [-0.25, -0.2) is 4.79 Å². The predicted molar refractivity (Wildman–Crippen MR) is 128 cm³/mol. The van der Waals surface area contributed by atoms with Crippen LogP contribution < -0.4 is 14.9 Å². The van der Waals surface area contributed by atoms with E-state index in [4.69, 9.17) is 13.9 Å². The van der Waals surface area contributed by atoms with Crippen LogP contribution in [0.15, 0.2) is 63.8 Å². The molecule has 3 aromatic carbocycles. The predicted octanol–water partition coefficient (Wildman–Crippen LogP) is 6.26. The molecule has 4 aromatic rings. The Kier molecular flexibility index (Phi) is 6.79. The van der Waals surface area contributed by atoms with Crippen LogP contribution in [0.1, 0.15) is 27.2 Å². The summed E-state index contributed by atoms with van der Waals surface area (Å²) in [5.41, 5.74) is -3.35. The Morgan fingerprint density at radius 3 is 2.13 bits per heavy atom. The third-order valence-corrected chi connectivity index (χ3v) is 5.48. The molecule has 0 spiro atoms. The third-order valence-electron chi connectivity index (χ3n) is 5.48.